The first-order valence-corrected chi connectivity index (χ1v) is 5.68. The Kier molecular flexibility index (Phi) is 4.80. The molecule has 0 unspecified atom stereocenters. The Morgan fingerprint density at radius 1 is 1.46 bits per heavy atom. The van der Waals surface area contributed by atoms with Crippen molar-refractivity contribution in [2.45, 2.75) is 32.5 Å². The molecular weight excluding hydrogens is 197 g/mol. The zero-order valence-electron chi connectivity index (χ0n) is 7.77. The second kappa shape index (κ2) is 4.88. The predicted octanol–water partition coefficient (Wildman–Crippen LogP) is 0.586. The minimum Gasteiger partial charge on any atom is -0.325 e. The normalized spacial score (nSPS) is 17.4. The third kappa shape index (κ3) is 6.92. The average Bonchev–Trinajstić information content (AvgIpc) is 1.81. The van der Waals surface area contributed by atoms with Crippen LogP contribution >= 0.6 is 0 Å². The van der Waals surface area contributed by atoms with Gasteiger partial charge in [-0.15, -0.1) is 0 Å². The first kappa shape index (κ1) is 12.8. The third-order valence-corrected chi connectivity index (χ3v) is 2.32. The van der Waals surface area contributed by atoms with Crippen LogP contribution in [0.2, 0.25) is 0 Å². The van der Waals surface area contributed by atoms with Crippen molar-refractivity contribution in [2.75, 3.05) is 5.75 Å². The van der Waals surface area contributed by atoms with Crippen molar-refractivity contribution < 1.29 is 17.4 Å². The van der Waals surface area contributed by atoms with Crippen molar-refractivity contribution in [1.82, 2.24) is 0 Å². The lowest BCUT2D eigenvalue weighted by Gasteiger charge is -2.17. The lowest BCUT2D eigenvalue weighted by molar-refractivity contribution is 0.276. The summed E-state index contributed by atoms with van der Waals surface area (Å²) >= 11 is 0. The molecule has 2 atom stereocenters. The molecule has 0 radical (unpaired) electrons. The van der Waals surface area contributed by atoms with Gasteiger partial charge in [0, 0.05) is 6.04 Å². The van der Waals surface area contributed by atoms with Crippen LogP contribution < -0.4 is 5.73 Å². The molecule has 0 spiro atoms. The zero-order valence-corrected chi connectivity index (χ0v) is 8.59. The Balaban J connectivity index is 4.04. The highest BCUT2D eigenvalue weighted by Crippen LogP contribution is 2.10. The molecule has 0 aromatic rings. The molecule has 6 heteroatoms. The van der Waals surface area contributed by atoms with E-state index in [0.717, 1.165) is 0 Å². The Labute approximate surface area is 78.1 Å². The average molecular weight is 213 g/mol. The fourth-order valence-electron chi connectivity index (χ4n) is 1.02. The van der Waals surface area contributed by atoms with Crippen LogP contribution in [0, 0.1) is 5.92 Å². The number of halogens is 1. The lowest BCUT2D eigenvalue weighted by atomic mass is 10.0. The Morgan fingerprint density at radius 2 is 1.92 bits per heavy atom. The van der Waals surface area contributed by atoms with Crippen LogP contribution in [0.5, 0.6) is 0 Å². The van der Waals surface area contributed by atoms with Gasteiger partial charge >= 0.3 is 0 Å². The van der Waals surface area contributed by atoms with E-state index >= 15 is 0 Å². The molecule has 0 aromatic carbocycles. The highest BCUT2D eigenvalue weighted by molar-refractivity contribution is 7.85. The van der Waals surface area contributed by atoms with Gasteiger partial charge in [-0.05, 0) is 12.3 Å². The number of nitrogens with two attached hydrogens (primary N) is 1. The van der Waals surface area contributed by atoms with E-state index in [1.807, 2.05) is 13.8 Å². The van der Waals surface area contributed by atoms with Gasteiger partial charge in [-0.1, -0.05) is 13.8 Å². The summed E-state index contributed by atoms with van der Waals surface area (Å²) < 4.78 is 41.9. The smallest absolute Gasteiger partial charge is 0.267 e. The maximum Gasteiger partial charge on any atom is 0.267 e. The molecule has 3 N–H and O–H groups in total. The van der Waals surface area contributed by atoms with Crippen molar-refractivity contribution in [1.29, 1.82) is 0 Å². The molecule has 80 valence electrons. The maximum absolute atomic E-state index is 13.0. The van der Waals surface area contributed by atoms with E-state index in [1.165, 1.54) is 0 Å². The molecule has 0 aliphatic carbocycles. The molecule has 0 amide bonds. The van der Waals surface area contributed by atoms with E-state index < -0.39 is 28.1 Å². The predicted molar refractivity (Wildman–Crippen MR) is 48.7 cm³/mol. The van der Waals surface area contributed by atoms with E-state index in [1.54, 1.807) is 0 Å². The van der Waals surface area contributed by atoms with Gasteiger partial charge in [0.25, 0.3) is 10.1 Å². The van der Waals surface area contributed by atoms with Crippen molar-refractivity contribution in [3.8, 4) is 0 Å². The number of hydrogen-bond donors (Lipinski definition) is 2. The van der Waals surface area contributed by atoms with Gasteiger partial charge in [0.05, 0.1) is 0 Å². The molecular formula is C7H16FNO3S. The van der Waals surface area contributed by atoms with Crippen LogP contribution in [0.4, 0.5) is 4.39 Å². The molecule has 0 aromatic heterocycles. The molecule has 0 rings (SSSR count). The van der Waals surface area contributed by atoms with Crippen LogP contribution in [-0.4, -0.2) is 30.9 Å². The molecule has 0 aliphatic heterocycles. The first-order valence-electron chi connectivity index (χ1n) is 4.07. The Bertz CT molecular complexity index is 240. The van der Waals surface area contributed by atoms with Gasteiger partial charge in [-0.2, -0.15) is 8.42 Å². The Hall–Kier alpha value is -0.200. The van der Waals surface area contributed by atoms with Gasteiger partial charge < -0.3 is 5.73 Å². The van der Waals surface area contributed by atoms with Crippen LogP contribution in [0.3, 0.4) is 0 Å². The molecule has 0 saturated heterocycles. The van der Waals surface area contributed by atoms with E-state index in [-0.39, 0.29) is 5.92 Å². The van der Waals surface area contributed by atoms with E-state index in [0.29, 0.717) is 6.42 Å². The minimum absolute atomic E-state index is 0.203. The van der Waals surface area contributed by atoms with Gasteiger partial charge in [0.1, 0.15) is 11.9 Å². The summed E-state index contributed by atoms with van der Waals surface area (Å²) in [6.45, 7) is 3.72. The van der Waals surface area contributed by atoms with Crippen LogP contribution in [-0.2, 0) is 10.1 Å². The number of hydrogen-bond acceptors (Lipinski definition) is 3. The highest BCUT2D eigenvalue weighted by Gasteiger charge is 2.23. The second-order valence-electron chi connectivity index (χ2n) is 3.56. The molecule has 0 saturated carbocycles. The zero-order chi connectivity index (χ0) is 10.6. The van der Waals surface area contributed by atoms with Gasteiger partial charge in [-0.3, -0.25) is 4.55 Å². The van der Waals surface area contributed by atoms with Crippen LogP contribution in [0.15, 0.2) is 0 Å². The summed E-state index contributed by atoms with van der Waals surface area (Å²) in [5, 5.41) is 0. The summed E-state index contributed by atoms with van der Waals surface area (Å²) in [6, 6.07) is -0.832. The summed E-state index contributed by atoms with van der Waals surface area (Å²) in [7, 11) is -4.26. The van der Waals surface area contributed by atoms with Gasteiger partial charge in [0.2, 0.25) is 0 Å². The van der Waals surface area contributed by atoms with Crippen LogP contribution in [0.1, 0.15) is 20.3 Å². The molecule has 4 nitrogen and oxygen atoms in total. The van der Waals surface area contributed by atoms with E-state index in [2.05, 4.69) is 0 Å². The molecule has 0 aliphatic rings. The van der Waals surface area contributed by atoms with E-state index in [9.17, 15) is 12.8 Å². The minimum atomic E-state index is -4.26. The third-order valence-electron chi connectivity index (χ3n) is 1.58. The van der Waals surface area contributed by atoms with E-state index in [4.69, 9.17) is 10.3 Å². The van der Waals surface area contributed by atoms with Crippen molar-refractivity contribution >= 4 is 10.1 Å². The van der Waals surface area contributed by atoms with Crippen molar-refractivity contribution in [2.24, 2.45) is 11.7 Å². The fraction of sp³-hybridized carbons (Fsp3) is 1.00. The summed E-state index contributed by atoms with van der Waals surface area (Å²) in [5.41, 5.74) is 5.37. The fourth-order valence-corrected chi connectivity index (χ4v) is 1.67. The first-order chi connectivity index (χ1) is 5.72. The van der Waals surface area contributed by atoms with Gasteiger partial charge in [-0.25, -0.2) is 4.39 Å². The highest BCUT2D eigenvalue weighted by atomic mass is 32.2. The standard InChI is InChI=1S/C7H16FNO3S/c1-5(2)3-7(9)6(8)4-13(10,11)12/h5-7H,3-4,9H2,1-2H3,(H,10,11,12)/t6-,7-/m1/s1. The number of alkyl halides is 1. The Morgan fingerprint density at radius 3 is 2.23 bits per heavy atom. The number of rotatable bonds is 5. The second-order valence-corrected chi connectivity index (χ2v) is 5.06. The largest absolute Gasteiger partial charge is 0.325 e. The molecule has 13 heavy (non-hydrogen) atoms. The van der Waals surface area contributed by atoms with Gasteiger partial charge in [0.15, 0.2) is 0 Å². The molecule has 0 heterocycles. The summed E-state index contributed by atoms with van der Waals surface area (Å²) in [4.78, 5) is 0. The summed E-state index contributed by atoms with van der Waals surface area (Å²) in [5.74, 6) is -0.712. The quantitative estimate of drug-likeness (QED) is 0.655. The maximum atomic E-state index is 13.0. The van der Waals surface area contributed by atoms with Crippen molar-refractivity contribution in [3.05, 3.63) is 0 Å². The van der Waals surface area contributed by atoms with Crippen molar-refractivity contribution in [3.63, 3.8) is 0 Å². The lowest BCUT2D eigenvalue weighted by Crippen LogP contribution is -2.37. The SMILES string of the molecule is CC(C)C[C@@H](N)[C@H](F)CS(=O)(=O)O. The molecule has 0 fully saturated rings. The summed E-state index contributed by atoms with van der Waals surface area (Å²) in [6.07, 6.45) is -1.30. The monoisotopic (exact) mass is 213 g/mol. The topological polar surface area (TPSA) is 80.4 Å². The van der Waals surface area contributed by atoms with Crippen LogP contribution in [0.25, 0.3) is 0 Å². The molecule has 0 bridgehead atoms.